The summed E-state index contributed by atoms with van der Waals surface area (Å²) in [5.74, 6) is 0.238. The predicted octanol–water partition coefficient (Wildman–Crippen LogP) is 2.67. The topological polar surface area (TPSA) is 71.4 Å². The van der Waals surface area contributed by atoms with Crippen molar-refractivity contribution >= 4 is 43.5 Å². The van der Waals surface area contributed by atoms with Gasteiger partial charge in [-0.15, -0.1) is 0 Å². The van der Waals surface area contributed by atoms with Crippen LogP contribution < -0.4 is 0 Å². The van der Waals surface area contributed by atoms with Gasteiger partial charge in [-0.25, -0.2) is 13.2 Å². The minimum absolute atomic E-state index is 0.0200. The van der Waals surface area contributed by atoms with E-state index in [2.05, 4.69) is 15.9 Å². The van der Waals surface area contributed by atoms with Gasteiger partial charge in [-0.1, -0.05) is 6.92 Å². The number of halogens is 1. The molecular weight excluding hydrogens is 340 g/mol. The highest BCUT2D eigenvalue weighted by Gasteiger charge is 2.18. The maximum absolute atomic E-state index is 12.0. The molecule has 1 N–H and O–H groups in total. The number of sulfone groups is 1. The number of carbonyl (C=O) groups is 1. The van der Waals surface area contributed by atoms with Crippen molar-refractivity contribution in [1.82, 2.24) is 0 Å². The molecule has 100 valence electrons. The zero-order chi connectivity index (χ0) is 13.8. The van der Waals surface area contributed by atoms with Crippen LogP contribution in [0.5, 0.6) is 0 Å². The first-order valence-corrected chi connectivity index (χ1v) is 8.82. The molecule has 7 heteroatoms. The summed E-state index contributed by atoms with van der Waals surface area (Å²) in [6.45, 7) is 1.96. The standard InChI is InChI=1S/C11H13BrO4S2/c1-2-17-5-6-18(15,16)8-3-4-10(12)9(7-8)11(13)14/h3-4,7H,2,5-6H2,1H3,(H,13,14). The van der Waals surface area contributed by atoms with Gasteiger partial charge in [0.25, 0.3) is 0 Å². The monoisotopic (exact) mass is 352 g/mol. The van der Waals surface area contributed by atoms with Crippen LogP contribution in [0.1, 0.15) is 17.3 Å². The van der Waals surface area contributed by atoms with Gasteiger partial charge >= 0.3 is 5.97 Å². The number of aromatic carboxylic acids is 1. The maximum Gasteiger partial charge on any atom is 0.336 e. The van der Waals surface area contributed by atoms with Crippen LogP contribution in [0.2, 0.25) is 0 Å². The molecular formula is C11H13BrO4S2. The Morgan fingerprint density at radius 2 is 2.11 bits per heavy atom. The Labute approximate surface area is 119 Å². The van der Waals surface area contributed by atoms with Crippen LogP contribution in [0.25, 0.3) is 0 Å². The second kappa shape index (κ2) is 6.58. The van der Waals surface area contributed by atoms with E-state index < -0.39 is 15.8 Å². The van der Waals surface area contributed by atoms with Gasteiger partial charge in [0, 0.05) is 10.2 Å². The molecule has 0 saturated carbocycles. The van der Waals surface area contributed by atoms with E-state index >= 15 is 0 Å². The van der Waals surface area contributed by atoms with E-state index in [1.54, 1.807) is 0 Å². The molecule has 0 atom stereocenters. The molecule has 1 rings (SSSR count). The zero-order valence-corrected chi connectivity index (χ0v) is 12.9. The Morgan fingerprint density at radius 1 is 1.44 bits per heavy atom. The van der Waals surface area contributed by atoms with Crippen molar-refractivity contribution in [1.29, 1.82) is 0 Å². The third-order valence-electron chi connectivity index (χ3n) is 2.23. The van der Waals surface area contributed by atoms with E-state index in [9.17, 15) is 13.2 Å². The van der Waals surface area contributed by atoms with Crippen LogP contribution in [0.4, 0.5) is 0 Å². The lowest BCUT2D eigenvalue weighted by atomic mass is 10.2. The lowest BCUT2D eigenvalue weighted by Gasteiger charge is -2.06. The minimum atomic E-state index is -3.41. The molecule has 0 saturated heterocycles. The van der Waals surface area contributed by atoms with Gasteiger partial charge in [0.05, 0.1) is 16.2 Å². The van der Waals surface area contributed by atoms with Crippen LogP contribution in [-0.2, 0) is 9.84 Å². The third-order valence-corrected chi connectivity index (χ3v) is 5.79. The number of hydrogen-bond donors (Lipinski definition) is 1. The van der Waals surface area contributed by atoms with Gasteiger partial charge in [0.15, 0.2) is 9.84 Å². The van der Waals surface area contributed by atoms with Crippen LogP contribution in [0.3, 0.4) is 0 Å². The average molecular weight is 353 g/mol. The Morgan fingerprint density at radius 3 is 2.67 bits per heavy atom. The van der Waals surface area contributed by atoms with Crippen molar-refractivity contribution in [2.45, 2.75) is 11.8 Å². The molecule has 0 aliphatic heterocycles. The largest absolute Gasteiger partial charge is 0.478 e. The maximum atomic E-state index is 12.0. The summed E-state index contributed by atoms with van der Waals surface area (Å²) < 4.78 is 24.3. The van der Waals surface area contributed by atoms with E-state index in [0.717, 1.165) is 5.75 Å². The second-order valence-corrected chi connectivity index (χ2v) is 7.82. The summed E-state index contributed by atoms with van der Waals surface area (Å²) in [4.78, 5) is 11.0. The van der Waals surface area contributed by atoms with Gasteiger partial charge in [0.1, 0.15) is 0 Å². The number of benzene rings is 1. The Hall–Kier alpha value is -0.530. The molecule has 0 amide bonds. The highest BCUT2D eigenvalue weighted by atomic mass is 79.9. The van der Waals surface area contributed by atoms with E-state index in [1.807, 2.05) is 6.92 Å². The number of carboxylic acids is 1. The van der Waals surface area contributed by atoms with Crippen LogP contribution in [0, 0.1) is 0 Å². The first kappa shape index (κ1) is 15.5. The van der Waals surface area contributed by atoms with Gasteiger partial charge < -0.3 is 5.11 Å². The summed E-state index contributed by atoms with van der Waals surface area (Å²) in [7, 11) is -3.41. The number of thioether (sulfide) groups is 1. The van der Waals surface area contributed by atoms with Crippen molar-refractivity contribution in [3.05, 3.63) is 28.2 Å². The number of rotatable bonds is 6. The van der Waals surface area contributed by atoms with E-state index in [1.165, 1.54) is 30.0 Å². The molecule has 0 aromatic heterocycles. The molecule has 0 aliphatic carbocycles. The summed E-state index contributed by atoms with van der Waals surface area (Å²) in [5, 5.41) is 8.94. The van der Waals surface area contributed by atoms with Gasteiger partial charge in [-0.2, -0.15) is 11.8 Å². The van der Waals surface area contributed by atoms with E-state index in [-0.39, 0.29) is 16.2 Å². The van der Waals surface area contributed by atoms with Gasteiger partial charge in [-0.3, -0.25) is 0 Å². The van der Waals surface area contributed by atoms with Crippen molar-refractivity contribution in [2.24, 2.45) is 0 Å². The normalized spacial score (nSPS) is 11.4. The lowest BCUT2D eigenvalue weighted by molar-refractivity contribution is 0.0695. The first-order valence-electron chi connectivity index (χ1n) is 5.22. The predicted molar refractivity (Wildman–Crippen MR) is 76.2 cm³/mol. The molecule has 0 unspecified atom stereocenters. The fraction of sp³-hybridized carbons (Fsp3) is 0.364. The molecule has 4 nitrogen and oxygen atoms in total. The molecule has 0 spiro atoms. The van der Waals surface area contributed by atoms with Crippen LogP contribution in [0.15, 0.2) is 27.6 Å². The molecule has 0 heterocycles. The van der Waals surface area contributed by atoms with Crippen molar-refractivity contribution in [2.75, 3.05) is 17.3 Å². The van der Waals surface area contributed by atoms with Crippen molar-refractivity contribution in [3.63, 3.8) is 0 Å². The van der Waals surface area contributed by atoms with Crippen molar-refractivity contribution in [3.8, 4) is 0 Å². The Balaban J connectivity index is 3.02. The molecule has 1 aromatic rings. The second-order valence-electron chi connectivity index (χ2n) is 3.46. The van der Waals surface area contributed by atoms with E-state index in [4.69, 9.17) is 5.11 Å². The molecule has 0 fully saturated rings. The highest BCUT2D eigenvalue weighted by Crippen LogP contribution is 2.22. The molecule has 1 aromatic carbocycles. The fourth-order valence-electron chi connectivity index (χ4n) is 1.29. The Kier molecular flexibility index (Phi) is 5.68. The van der Waals surface area contributed by atoms with Crippen LogP contribution >= 0.6 is 27.7 Å². The third kappa shape index (κ3) is 4.00. The average Bonchev–Trinajstić information content (AvgIpc) is 2.29. The van der Waals surface area contributed by atoms with Gasteiger partial charge in [0.2, 0.25) is 0 Å². The molecule has 0 bridgehead atoms. The smallest absolute Gasteiger partial charge is 0.336 e. The summed E-state index contributed by atoms with van der Waals surface area (Å²) in [5.41, 5.74) is -0.0424. The molecule has 0 radical (unpaired) electrons. The van der Waals surface area contributed by atoms with Gasteiger partial charge in [-0.05, 0) is 39.9 Å². The summed E-state index contributed by atoms with van der Waals surface area (Å²) in [6.07, 6.45) is 0. The summed E-state index contributed by atoms with van der Waals surface area (Å²) >= 11 is 4.62. The fourth-order valence-corrected chi connectivity index (χ4v) is 4.16. The molecule has 0 aliphatic rings. The minimum Gasteiger partial charge on any atom is -0.478 e. The molecule has 18 heavy (non-hydrogen) atoms. The highest BCUT2D eigenvalue weighted by molar-refractivity contribution is 9.10. The Bertz CT molecular complexity index is 540. The number of carboxylic acid groups (broad SMARTS) is 1. The summed E-state index contributed by atoms with van der Waals surface area (Å²) in [6, 6.07) is 4.06. The SMILES string of the molecule is CCSCCS(=O)(=O)c1ccc(Br)c(C(=O)O)c1. The number of hydrogen-bond acceptors (Lipinski definition) is 4. The van der Waals surface area contributed by atoms with Crippen molar-refractivity contribution < 1.29 is 18.3 Å². The van der Waals surface area contributed by atoms with E-state index in [0.29, 0.717) is 10.2 Å². The van der Waals surface area contributed by atoms with Crippen LogP contribution in [-0.4, -0.2) is 36.8 Å². The quantitative estimate of drug-likeness (QED) is 0.796. The lowest BCUT2D eigenvalue weighted by Crippen LogP contribution is -2.10. The first-order chi connectivity index (χ1) is 8.38. The zero-order valence-electron chi connectivity index (χ0n) is 9.72.